The first-order valence-electron chi connectivity index (χ1n) is 8.15. The quantitative estimate of drug-likeness (QED) is 0.855. The summed E-state index contributed by atoms with van der Waals surface area (Å²) in [6, 6.07) is 10.6. The Morgan fingerprint density at radius 1 is 1.09 bits per heavy atom. The number of nitriles is 1. The van der Waals surface area contributed by atoms with E-state index in [1.54, 1.807) is 0 Å². The lowest BCUT2D eigenvalue weighted by Crippen LogP contribution is -2.41. The van der Waals surface area contributed by atoms with Crippen LogP contribution in [0.25, 0.3) is 5.69 Å². The van der Waals surface area contributed by atoms with Gasteiger partial charge in [0.1, 0.15) is 0 Å². The molecule has 112 valence electrons. The van der Waals surface area contributed by atoms with Crippen LogP contribution in [0.4, 0.5) is 0 Å². The van der Waals surface area contributed by atoms with Gasteiger partial charge in [-0.2, -0.15) is 10.4 Å². The summed E-state index contributed by atoms with van der Waals surface area (Å²) in [6.07, 6.45) is 8.47. The Bertz CT molecular complexity index is 678. The molecule has 0 spiro atoms. The molecule has 4 heteroatoms. The topological polar surface area (TPSA) is 44.9 Å². The molecule has 4 nitrogen and oxygen atoms in total. The van der Waals surface area contributed by atoms with E-state index in [4.69, 9.17) is 10.4 Å². The van der Waals surface area contributed by atoms with E-state index in [1.807, 2.05) is 28.9 Å². The van der Waals surface area contributed by atoms with E-state index in [1.165, 1.54) is 30.5 Å². The number of fused-ring (bicyclic) bond motifs is 1. The lowest BCUT2D eigenvalue weighted by molar-refractivity contribution is 0.133. The molecule has 1 aromatic carbocycles. The molecule has 2 aromatic rings. The summed E-state index contributed by atoms with van der Waals surface area (Å²) in [7, 11) is 0. The first-order valence-corrected chi connectivity index (χ1v) is 8.15. The molecule has 0 unspecified atom stereocenters. The van der Waals surface area contributed by atoms with Gasteiger partial charge in [-0.3, -0.25) is 4.90 Å². The molecule has 2 aliphatic rings. The molecule has 1 aromatic heterocycles. The van der Waals surface area contributed by atoms with Crippen LogP contribution in [0.3, 0.4) is 0 Å². The van der Waals surface area contributed by atoms with Crippen molar-refractivity contribution in [1.29, 1.82) is 5.26 Å². The zero-order chi connectivity index (χ0) is 14.9. The van der Waals surface area contributed by atoms with E-state index in [9.17, 15) is 0 Å². The van der Waals surface area contributed by atoms with Gasteiger partial charge in [0.25, 0.3) is 0 Å². The fraction of sp³-hybridized carbons (Fsp3) is 0.444. The molecular formula is C18H20N4. The predicted octanol–water partition coefficient (Wildman–Crippen LogP) is 2.70. The highest BCUT2D eigenvalue weighted by atomic mass is 15.3. The van der Waals surface area contributed by atoms with Crippen molar-refractivity contribution in [3.8, 4) is 11.8 Å². The van der Waals surface area contributed by atoms with Crippen LogP contribution in [0.1, 0.15) is 36.1 Å². The van der Waals surface area contributed by atoms with E-state index in [-0.39, 0.29) is 0 Å². The highest BCUT2D eigenvalue weighted by molar-refractivity contribution is 5.39. The molecule has 22 heavy (non-hydrogen) atoms. The Morgan fingerprint density at radius 2 is 1.86 bits per heavy atom. The molecule has 1 aliphatic carbocycles. The fourth-order valence-electron chi connectivity index (χ4n) is 3.43. The van der Waals surface area contributed by atoms with Crippen molar-refractivity contribution in [1.82, 2.24) is 14.7 Å². The molecule has 1 saturated carbocycles. The van der Waals surface area contributed by atoms with Crippen molar-refractivity contribution in [2.24, 2.45) is 0 Å². The van der Waals surface area contributed by atoms with Gasteiger partial charge in [-0.1, -0.05) is 6.42 Å². The summed E-state index contributed by atoms with van der Waals surface area (Å²) in [5, 5.41) is 13.7. The summed E-state index contributed by atoms with van der Waals surface area (Å²) in [4.78, 5) is 2.65. The minimum atomic E-state index is 0.689. The highest BCUT2D eigenvalue weighted by Gasteiger charge is 2.27. The summed E-state index contributed by atoms with van der Waals surface area (Å²) in [6.45, 7) is 2.30. The third-order valence-electron chi connectivity index (χ3n) is 5.03. The van der Waals surface area contributed by atoms with Crippen molar-refractivity contribution in [2.75, 3.05) is 13.1 Å². The molecule has 1 fully saturated rings. The van der Waals surface area contributed by atoms with Crippen molar-refractivity contribution < 1.29 is 0 Å². The van der Waals surface area contributed by atoms with Crippen LogP contribution in [0.2, 0.25) is 0 Å². The van der Waals surface area contributed by atoms with E-state index in [0.29, 0.717) is 5.56 Å². The number of hydrogen-bond acceptors (Lipinski definition) is 3. The molecular weight excluding hydrogens is 272 g/mol. The van der Waals surface area contributed by atoms with Crippen LogP contribution in [0.15, 0.2) is 30.5 Å². The molecule has 0 N–H and O–H groups in total. The average Bonchev–Trinajstić information content (AvgIpc) is 2.82. The Morgan fingerprint density at radius 3 is 2.55 bits per heavy atom. The Kier molecular flexibility index (Phi) is 3.44. The van der Waals surface area contributed by atoms with E-state index in [0.717, 1.165) is 37.7 Å². The normalized spacial score (nSPS) is 19.0. The maximum Gasteiger partial charge on any atom is 0.0991 e. The summed E-state index contributed by atoms with van der Waals surface area (Å²) >= 11 is 0. The molecule has 0 atom stereocenters. The van der Waals surface area contributed by atoms with Gasteiger partial charge < -0.3 is 0 Å². The van der Waals surface area contributed by atoms with Crippen molar-refractivity contribution in [3.05, 3.63) is 47.3 Å². The van der Waals surface area contributed by atoms with Crippen LogP contribution in [0, 0.1) is 11.3 Å². The van der Waals surface area contributed by atoms with Crippen LogP contribution in [-0.2, 0) is 12.8 Å². The van der Waals surface area contributed by atoms with Gasteiger partial charge in [-0.05, 0) is 49.1 Å². The minimum Gasteiger partial charge on any atom is -0.300 e. The lowest BCUT2D eigenvalue weighted by atomic mass is 9.91. The predicted molar refractivity (Wildman–Crippen MR) is 84.9 cm³/mol. The second kappa shape index (κ2) is 5.58. The number of benzene rings is 1. The maximum absolute atomic E-state index is 8.88. The zero-order valence-corrected chi connectivity index (χ0v) is 12.7. The standard InChI is InChI=1S/C18H20N4/c19-12-14-4-6-17(7-5-14)22-13-15-8-10-21(16-2-1-3-16)11-9-18(15)20-22/h4-7,13,16H,1-3,8-11H2. The fourth-order valence-corrected chi connectivity index (χ4v) is 3.43. The maximum atomic E-state index is 8.88. The molecule has 0 amide bonds. The Hall–Kier alpha value is -2.12. The van der Waals surface area contributed by atoms with Gasteiger partial charge >= 0.3 is 0 Å². The second-order valence-corrected chi connectivity index (χ2v) is 6.32. The molecule has 0 saturated heterocycles. The Balaban J connectivity index is 1.53. The van der Waals surface area contributed by atoms with Crippen LogP contribution >= 0.6 is 0 Å². The first kappa shape index (κ1) is 13.5. The third-order valence-corrected chi connectivity index (χ3v) is 5.03. The molecule has 1 aliphatic heterocycles. The highest BCUT2D eigenvalue weighted by Crippen LogP contribution is 2.27. The van der Waals surface area contributed by atoms with E-state index >= 15 is 0 Å². The molecule has 0 radical (unpaired) electrons. The molecule has 4 rings (SSSR count). The van der Waals surface area contributed by atoms with Crippen LogP contribution in [-0.4, -0.2) is 33.8 Å². The minimum absolute atomic E-state index is 0.689. The third kappa shape index (κ3) is 2.42. The van der Waals surface area contributed by atoms with Gasteiger partial charge in [0.2, 0.25) is 0 Å². The largest absolute Gasteiger partial charge is 0.300 e. The molecule has 2 heterocycles. The zero-order valence-electron chi connectivity index (χ0n) is 12.7. The van der Waals surface area contributed by atoms with Crippen molar-refractivity contribution in [2.45, 2.75) is 38.1 Å². The number of aromatic nitrogens is 2. The molecule has 0 bridgehead atoms. The SMILES string of the molecule is N#Cc1ccc(-n2cc3c(n2)CCN(C2CCC2)CC3)cc1. The number of rotatable bonds is 2. The number of hydrogen-bond donors (Lipinski definition) is 0. The van der Waals surface area contributed by atoms with Gasteiger partial charge in [0.05, 0.1) is 23.0 Å². The average molecular weight is 292 g/mol. The smallest absolute Gasteiger partial charge is 0.0991 e. The van der Waals surface area contributed by atoms with Gasteiger partial charge in [-0.25, -0.2) is 4.68 Å². The van der Waals surface area contributed by atoms with Crippen LogP contribution in [0.5, 0.6) is 0 Å². The second-order valence-electron chi connectivity index (χ2n) is 6.32. The summed E-state index contributed by atoms with van der Waals surface area (Å²) < 4.78 is 1.96. The number of nitrogens with zero attached hydrogens (tertiary/aromatic N) is 4. The lowest BCUT2D eigenvalue weighted by Gasteiger charge is -2.36. The van der Waals surface area contributed by atoms with Gasteiger partial charge in [0, 0.05) is 31.7 Å². The van der Waals surface area contributed by atoms with E-state index in [2.05, 4.69) is 17.2 Å². The van der Waals surface area contributed by atoms with Gasteiger partial charge in [-0.15, -0.1) is 0 Å². The van der Waals surface area contributed by atoms with Crippen LogP contribution < -0.4 is 0 Å². The van der Waals surface area contributed by atoms with E-state index < -0.39 is 0 Å². The summed E-state index contributed by atoms with van der Waals surface area (Å²) in [5.41, 5.74) is 4.34. The first-order chi connectivity index (χ1) is 10.8. The monoisotopic (exact) mass is 292 g/mol. The Labute approximate surface area is 131 Å². The van der Waals surface area contributed by atoms with Crippen molar-refractivity contribution in [3.63, 3.8) is 0 Å². The summed E-state index contributed by atoms with van der Waals surface area (Å²) in [5.74, 6) is 0. The van der Waals surface area contributed by atoms with Gasteiger partial charge in [0.15, 0.2) is 0 Å². The van der Waals surface area contributed by atoms with Crippen molar-refractivity contribution >= 4 is 0 Å².